The van der Waals surface area contributed by atoms with Gasteiger partial charge in [0, 0.05) is 13.2 Å². The van der Waals surface area contributed by atoms with E-state index >= 15 is 0 Å². The Balaban J connectivity index is 2.41. The maximum atomic E-state index is 11.5. The quantitative estimate of drug-likeness (QED) is 0.340. The van der Waals surface area contributed by atoms with Gasteiger partial charge in [0.15, 0.2) is 0 Å². The average Bonchev–Trinajstić information content (AvgIpc) is 2.77. The van der Waals surface area contributed by atoms with Crippen LogP contribution in [0.4, 0.5) is 0 Å². The topological polar surface area (TPSA) is 76.4 Å². The Morgan fingerprint density at radius 3 is 2.87 bits per heavy atom. The second-order valence-corrected chi connectivity index (χ2v) is 4.18. The van der Waals surface area contributed by atoms with Crippen molar-refractivity contribution in [3.05, 3.63) is 0 Å². The zero-order valence-electron chi connectivity index (χ0n) is 9.51. The molecule has 1 fully saturated rings. The highest BCUT2D eigenvalue weighted by molar-refractivity contribution is 5.85. The van der Waals surface area contributed by atoms with Gasteiger partial charge in [-0.15, -0.1) is 0 Å². The zero-order chi connectivity index (χ0) is 11.3. The largest absolute Gasteiger partial charge is 0.377 e. The molecular weight excluding hydrogens is 194 g/mol. The van der Waals surface area contributed by atoms with Crippen LogP contribution < -0.4 is 16.6 Å². The first-order valence-corrected chi connectivity index (χ1v) is 5.50. The average molecular weight is 215 g/mol. The van der Waals surface area contributed by atoms with Crippen molar-refractivity contribution in [3.8, 4) is 0 Å². The normalized spacial score (nSPS) is 24.9. The van der Waals surface area contributed by atoms with Gasteiger partial charge in [0.05, 0.1) is 11.6 Å². The number of ether oxygens (including phenoxy) is 1. The fourth-order valence-corrected chi connectivity index (χ4v) is 1.67. The summed E-state index contributed by atoms with van der Waals surface area (Å²) in [4.78, 5) is 11.5. The van der Waals surface area contributed by atoms with Crippen LogP contribution in [0.15, 0.2) is 0 Å². The molecule has 5 nitrogen and oxygen atoms in total. The highest BCUT2D eigenvalue weighted by atomic mass is 16.5. The van der Waals surface area contributed by atoms with Gasteiger partial charge in [-0.3, -0.25) is 10.2 Å². The number of amides is 1. The first kappa shape index (κ1) is 12.4. The molecule has 0 saturated carbocycles. The van der Waals surface area contributed by atoms with Crippen LogP contribution >= 0.6 is 0 Å². The number of carbonyl (C=O) groups excluding carboxylic acids is 1. The smallest absolute Gasteiger partial charge is 0.253 e. The predicted molar refractivity (Wildman–Crippen MR) is 58.0 cm³/mol. The number of hydrazine groups is 1. The minimum Gasteiger partial charge on any atom is -0.377 e. The molecule has 2 atom stereocenters. The van der Waals surface area contributed by atoms with Gasteiger partial charge in [0.2, 0.25) is 0 Å². The van der Waals surface area contributed by atoms with Gasteiger partial charge < -0.3 is 10.1 Å². The molecule has 0 unspecified atom stereocenters. The molecule has 5 heteroatoms. The van der Waals surface area contributed by atoms with Gasteiger partial charge in [0.25, 0.3) is 5.91 Å². The molecule has 0 aromatic heterocycles. The maximum absolute atomic E-state index is 11.5. The summed E-state index contributed by atoms with van der Waals surface area (Å²) in [6, 6.07) is 0. The Morgan fingerprint density at radius 1 is 1.67 bits per heavy atom. The minimum atomic E-state index is -0.597. The molecule has 0 aromatic rings. The number of rotatable bonds is 5. The highest BCUT2D eigenvalue weighted by Crippen LogP contribution is 2.14. The number of nitrogens with two attached hydrogens (primary N) is 1. The molecule has 1 aliphatic rings. The monoisotopic (exact) mass is 215 g/mol. The van der Waals surface area contributed by atoms with Gasteiger partial charge in [-0.05, 0) is 26.2 Å². The molecular formula is C10H21N3O2. The Morgan fingerprint density at radius 2 is 2.40 bits per heavy atom. The van der Waals surface area contributed by atoms with E-state index in [-0.39, 0.29) is 12.0 Å². The van der Waals surface area contributed by atoms with Crippen LogP contribution in [-0.2, 0) is 9.53 Å². The van der Waals surface area contributed by atoms with Gasteiger partial charge >= 0.3 is 0 Å². The minimum absolute atomic E-state index is 0.178. The van der Waals surface area contributed by atoms with E-state index < -0.39 is 5.54 Å². The van der Waals surface area contributed by atoms with E-state index in [1.165, 1.54) is 0 Å². The SMILES string of the molecule is CC[C@@](C)(NC[C@H]1CCCO1)C(=O)NN. The van der Waals surface area contributed by atoms with Crippen molar-refractivity contribution in [3.63, 3.8) is 0 Å². The van der Waals surface area contributed by atoms with E-state index in [0.717, 1.165) is 19.4 Å². The van der Waals surface area contributed by atoms with Crippen LogP contribution in [-0.4, -0.2) is 30.7 Å². The molecule has 1 saturated heterocycles. The van der Waals surface area contributed by atoms with Crippen molar-refractivity contribution >= 4 is 5.91 Å². The van der Waals surface area contributed by atoms with E-state index in [1.54, 1.807) is 0 Å². The van der Waals surface area contributed by atoms with Crippen molar-refractivity contribution in [2.24, 2.45) is 5.84 Å². The van der Waals surface area contributed by atoms with Gasteiger partial charge in [0.1, 0.15) is 0 Å². The van der Waals surface area contributed by atoms with Crippen molar-refractivity contribution in [2.45, 2.75) is 44.8 Å². The Kier molecular flexibility index (Phi) is 4.50. The summed E-state index contributed by atoms with van der Waals surface area (Å²) in [5, 5.41) is 3.22. The van der Waals surface area contributed by atoms with E-state index in [9.17, 15) is 4.79 Å². The molecule has 1 heterocycles. The fraction of sp³-hybridized carbons (Fsp3) is 0.900. The lowest BCUT2D eigenvalue weighted by atomic mass is 9.97. The highest BCUT2D eigenvalue weighted by Gasteiger charge is 2.31. The Hall–Kier alpha value is -0.650. The summed E-state index contributed by atoms with van der Waals surface area (Å²) < 4.78 is 5.48. The summed E-state index contributed by atoms with van der Waals surface area (Å²) in [6.45, 7) is 5.35. The zero-order valence-corrected chi connectivity index (χ0v) is 9.51. The molecule has 0 aromatic carbocycles. The number of nitrogens with one attached hydrogen (secondary N) is 2. The molecule has 88 valence electrons. The van der Waals surface area contributed by atoms with Crippen molar-refractivity contribution in [1.29, 1.82) is 0 Å². The van der Waals surface area contributed by atoms with Crippen molar-refractivity contribution in [2.75, 3.05) is 13.2 Å². The lowest BCUT2D eigenvalue weighted by Crippen LogP contribution is -2.57. The third kappa shape index (κ3) is 3.15. The van der Waals surface area contributed by atoms with Crippen LogP contribution in [0.25, 0.3) is 0 Å². The molecule has 1 aliphatic heterocycles. The molecule has 1 rings (SSSR count). The summed E-state index contributed by atoms with van der Waals surface area (Å²) in [5.74, 6) is 4.97. The van der Waals surface area contributed by atoms with Gasteiger partial charge in [-0.2, -0.15) is 0 Å². The van der Waals surface area contributed by atoms with Crippen LogP contribution in [0.5, 0.6) is 0 Å². The molecule has 0 aliphatic carbocycles. The number of hydrogen-bond acceptors (Lipinski definition) is 4. The first-order valence-electron chi connectivity index (χ1n) is 5.50. The summed E-state index contributed by atoms with van der Waals surface area (Å²) in [6.07, 6.45) is 3.11. The number of carbonyl (C=O) groups is 1. The number of hydrogen-bond donors (Lipinski definition) is 3. The van der Waals surface area contributed by atoms with Crippen LogP contribution in [0.2, 0.25) is 0 Å². The fourth-order valence-electron chi connectivity index (χ4n) is 1.67. The molecule has 0 bridgehead atoms. The maximum Gasteiger partial charge on any atom is 0.253 e. The van der Waals surface area contributed by atoms with Crippen LogP contribution in [0.1, 0.15) is 33.1 Å². The molecule has 0 spiro atoms. The van der Waals surface area contributed by atoms with Crippen molar-refractivity contribution < 1.29 is 9.53 Å². The summed E-state index contributed by atoms with van der Waals surface area (Å²) >= 11 is 0. The molecule has 4 N–H and O–H groups in total. The first-order chi connectivity index (χ1) is 7.12. The van der Waals surface area contributed by atoms with Crippen LogP contribution in [0.3, 0.4) is 0 Å². The van der Waals surface area contributed by atoms with E-state index in [1.807, 2.05) is 13.8 Å². The summed E-state index contributed by atoms with van der Waals surface area (Å²) in [7, 11) is 0. The predicted octanol–water partition coefficient (Wildman–Crippen LogP) is -0.0864. The lowest BCUT2D eigenvalue weighted by molar-refractivity contribution is -0.127. The van der Waals surface area contributed by atoms with Crippen LogP contribution in [0, 0.1) is 0 Å². The molecule has 0 radical (unpaired) electrons. The van der Waals surface area contributed by atoms with Gasteiger partial charge in [-0.1, -0.05) is 6.92 Å². The second kappa shape index (κ2) is 5.44. The third-order valence-electron chi connectivity index (χ3n) is 3.08. The Labute approximate surface area is 90.7 Å². The Bertz CT molecular complexity index is 217. The van der Waals surface area contributed by atoms with E-state index in [2.05, 4.69) is 10.7 Å². The third-order valence-corrected chi connectivity index (χ3v) is 3.08. The lowest BCUT2D eigenvalue weighted by Gasteiger charge is -2.28. The summed E-state index contributed by atoms with van der Waals surface area (Å²) in [5.41, 5.74) is 1.59. The molecule has 15 heavy (non-hydrogen) atoms. The molecule has 1 amide bonds. The second-order valence-electron chi connectivity index (χ2n) is 4.18. The van der Waals surface area contributed by atoms with E-state index in [4.69, 9.17) is 10.6 Å². The standard InChI is InChI=1S/C10H21N3O2/c1-3-10(2,9(14)13-11)12-7-8-5-4-6-15-8/h8,12H,3-7,11H2,1-2H3,(H,13,14)/t8-,10-/m1/s1. The van der Waals surface area contributed by atoms with Gasteiger partial charge in [-0.25, -0.2) is 5.84 Å². The van der Waals surface area contributed by atoms with E-state index in [0.29, 0.717) is 13.0 Å². The van der Waals surface area contributed by atoms with Crippen molar-refractivity contribution in [1.82, 2.24) is 10.7 Å².